The van der Waals surface area contributed by atoms with Crippen molar-refractivity contribution in [3.8, 4) is 0 Å². The van der Waals surface area contributed by atoms with Crippen molar-refractivity contribution in [2.24, 2.45) is 0 Å². The van der Waals surface area contributed by atoms with Crippen LogP contribution in [0.2, 0.25) is 5.02 Å². The number of halogens is 1. The van der Waals surface area contributed by atoms with Crippen molar-refractivity contribution in [2.75, 3.05) is 0 Å². The number of thiophene rings is 1. The largest absolute Gasteiger partial charge is 0.343 e. The smallest absolute Gasteiger partial charge is 0.0413 e. The molecular weight excluding hydrogens is 259 g/mol. The molecule has 1 aromatic heterocycles. The predicted octanol–water partition coefficient (Wildman–Crippen LogP) is 4.32. The third-order valence-electron chi connectivity index (χ3n) is 2.06. The average molecular weight is 269 g/mol. The summed E-state index contributed by atoms with van der Waals surface area (Å²) in [5, 5.41) is 4.31. The first kappa shape index (κ1) is 12.0. The number of hydrogen-bond donors (Lipinski definition) is 0. The van der Waals surface area contributed by atoms with Crippen molar-refractivity contribution in [2.45, 2.75) is 12.8 Å². The maximum Gasteiger partial charge on any atom is 0.0413 e. The van der Waals surface area contributed by atoms with Gasteiger partial charge in [-0.05, 0) is 34.5 Å². The SMILES string of the molecule is [CH2-]CCc1csc2ccc(Cl)cc12.[Co]. The molecule has 0 unspecified atom stereocenters. The Morgan fingerprint density at radius 2 is 2.14 bits per heavy atom. The van der Waals surface area contributed by atoms with E-state index in [2.05, 4.69) is 18.4 Å². The Kier molecular flexibility index (Phi) is 4.45. The minimum absolute atomic E-state index is 0. The zero-order valence-corrected chi connectivity index (χ0v) is 10.2. The molecule has 1 radical (unpaired) electrons. The molecule has 0 aliphatic heterocycles. The maximum atomic E-state index is 5.94. The van der Waals surface area contributed by atoms with Gasteiger partial charge in [0.2, 0.25) is 0 Å². The minimum atomic E-state index is 0. The van der Waals surface area contributed by atoms with Crippen LogP contribution in [0.3, 0.4) is 0 Å². The van der Waals surface area contributed by atoms with Gasteiger partial charge in [0.05, 0.1) is 0 Å². The van der Waals surface area contributed by atoms with Crippen molar-refractivity contribution in [3.63, 3.8) is 0 Å². The summed E-state index contributed by atoms with van der Waals surface area (Å²) in [5.41, 5.74) is 1.37. The molecule has 3 heteroatoms. The summed E-state index contributed by atoms with van der Waals surface area (Å²) < 4.78 is 1.31. The van der Waals surface area contributed by atoms with Crippen molar-refractivity contribution in [1.29, 1.82) is 0 Å². The average Bonchev–Trinajstić information content (AvgIpc) is 2.49. The molecular formula is C11H10ClCoS-. The van der Waals surface area contributed by atoms with Crippen LogP contribution in [0.1, 0.15) is 12.0 Å². The van der Waals surface area contributed by atoms with E-state index in [9.17, 15) is 0 Å². The Labute approximate surface area is 103 Å². The first-order chi connectivity index (χ1) is 6.31. The van der Waals surface area contributed by atoms with Crippen molar-refractivity contribution in [3.05, 3.63) is 41.1 Å². The second-order valence-electron chi connectivity index (χ2n) is 3.00. The van der Waals surface area contributed by atoms with Gasteiger partial charge in [-0.15, -0.1) is 11.3 Å². The Bertz CT molecular complexity index is 422. The second-order valence-corrected chi connectivity index (χ2v) is 4.35. The van der Waals surface area contributed by atoms with E-state index in [0.29, 0.717) is 0 Å². The van der Waals surface area contributed by atoms with Crippen LogP contribution >= 0.6 is 22.9 Å². The molecule has 0 bridgehead atoms. The number of rotatable bonds is 2. The topological polar surface area (TPSA) is 0 Å². The van der Waals surface area contributed by atoms with Crippen molar-refractivity contribution >= 4 is 33.0 Å². The van der Waals surface area contributed by atoms with E-state index in [0.717, 1.165) is 17.9 Å². The molecule has 1 heterocycles. The molecule has 0 amide bonds. The van der Waals surface area contributed by atoms with E-state index in [1.54, 1.807) is 11.3 Å². The Hall–Kier alpha value is -0.0235. The molecule has 14 heavy (non-hydrogen) atoms. The zero-order valence-electron chi connectivity index (χ0n) is 7.55. The standard InChI is InChI=1S/C11H10ClS.Co/c1-2-3-8-7-13-11-5-4-9(12)6-10(8)11;/h4-7H,1-3H2;/q-1;. The van der Waals surface area contributed by atoms with Crippen LogP contribution in [0.25, 0.3) is 10.1 Å². The molecule has 0 aliphatic rings. The molecule has 0 saturated heterocycles. The van der Waals surface area contributed by atoms with Gasteiger partial charge in [-0.3, -0.25) is 0 Å². The van der Waals surface area contributed by atoms with E-state index in [4.69, 9.17) is 11.6 Å². The van der Waals surface area contributed by atoms with Crippen LogP contribution in [-0.2, 0) is 23.2 Å². The minimum Gasteiger partial charge on any atom is -0.343 e. The van der Waals surface area contributed by atoms with Gasteiger partial charge in [0.1, 0.15) is 0 Å². The fraction of sp³-hybridized carbons (Fsp3) is 0.182. The van der Waals surface area contributed by atoms with Crippen LogP contribution in [0.5, 0.6) is 0 Å². The van der Waals surface area contributed by atoms with Crippen LogP contribution in [0.4, 0.5) is 0 Å². The summed E-state index contributed by atoms with van der Waals surface area (Å²) in [6.07, 6.45) is 1.98. The van der Waals surface area contributed by atoms with Gasteiger partial charge in [-0.2, -0.15) is 6.42 Å². The second kappa shape index (κ2) is 5.17. The van der Waals surface area contributed by atoms with Gasteiger partial charge in [-0.25, -0.2) is 0 Å². The van der Waals surface area contributed by atoms with E-state index in [1.165, 1.54) is 15.6 Å². The van der Waals surface area contributed by atoms with Crippen LogP contribution in [-0.4, -0.2) is 0 Å². The summed E-state index contributed by atoms with van der Waals surface area (Å²) in [6, 6.07) is 6.06. The summed E-state index contributed by atoms with van der Waals surface area (Å²) in [5.74, 6) is 0. The van der Waals surface area contributed by atoms with Gasteiger partial charge in [-0.1, -0.05) is 18.0 Å². The Morgan fingerprint density at radius 1 is 1.36 bits per heavy atom. The monoisotopic (exact) mass is 268 g/mol. The fourth-order valence-corrected chi connectivity index (χ4v) is 2.59. The number of fused-ring (bicyclic) bond motifs is 1. The molecule has 0 aliphatic carbocycles. The third-order valence-corrected chi connectivity index (χ3v) is 3.31. The van der Waals surface area contributed by atoms with Crippen LogP contribution < -0.4 is 0 Å². The van der Waals surface area contributed by atoms with Crippen LogP contribution in [0.15, 0.2) is 23.6 Å². The van der Waals surface area contributed by atoms with E-state index >= 15 is 0 Å². The summed E-state index contributed by atoms with van der Waals surface area (Å²) >= 11 is 7.71. The molecule has 0 nitrogen and oxygen atoms in total. The van der Waals surface area contributed by atoms with Crippen molar-refractivity contribution in [1.82, 2.24) is 0 Å². The predicted molar refractivity (Wildman–Crippen MR) is 60.5 cm³/mol. The number of benzene rings is 1. The Morgan fingerprint density at radius 3 is 2.86 bits per heavy atom. The summed E-state index contributed by atoms with van der Waals surface area (Å²) in [6.45, 7) is 3.86. The summed E-state index contributed by atoms with van der Waals surface area (Å²) in [7, 11) is 0. The third kappa shape index (κ3) is 2.31. The molecule has 1 aromatic carbocycles. The van der Waals surface area contributed by atoms with E-state index < -0.39 is 0 Å². The molecule has 0 fully saturated rings. The molecule has 77 valence electrons. The van der Waals surface area contributed by atoms with E-state index in [1.807, 2.05) is 12.1 Å². The van der Waals surface area contributed by atoms with E-state index in [-0.39, 0.29) is 16.8 Å². The first-order valence-corrected chi connectivity index (χ1v) is 5.52. The van der Waals surface area contributed by atoms with Crippen LogP contribution in [0, 0.1) is 6.92 Å². The molecule has 2 aromatic rings. The summed E-state index contributed by atoms with van der Waals surface area (Å²) in [4.78, 5) is 0. The number of aryl methyl sites for hydroxylation is 1. The number of hydrogen-bond acceptors (Lipinski definition) is 1. The zero-order chi connectivity index (χ0) is 9.26. The molecule has 0 saturated carbocycles. The van der Waals surface area contributed by atoms with Gasteiger partial charge in [0, 0.05) is 26.5 Å². The maximum absolute atomic E-state index is 5.94. The van der Waals surface area contributed by atoms with Gasteiger partial charge in [0.15, 0.2) is 0 Å². The van der Waals surface area contributed by atoms with Gasteiger partial charge >= 0.3 is 0 Å². The fourth-order valence-electron chi connectivity index (χ4n) is 1.44. The quantitative estimate of drug-likeness (QED) is 0.712. The first-order valence-electron chi connectivity index (χ1n) is 4.26. The normalized spacial score (nSPS) is 10.1. The molecule has 0 N–H and O–H groups in total. The van der Waals surface area contributed by atoms with Crippen molar-refractivity contribution < 1.29 is 16.8 Å². The molecule has 0 spiro atoms. The Balaban J connectivity index is 0.000000980. The molecule has 0 atom stereocenters. The van der Waals surface area contributed by atoms with Gasteiger partial charge < -0.3 is 6.92 Å². The van der Waals surface area contributed by atoms with Gasteiger partial charge in [0.25, 0.3) is 0 Å². The molecule has 2 rings (SSSR count).